The van der Waals surface area contributed by atoms with Gasteiger partial charge in [0.25, 0.3) is 10.0 Å². The predicted octanol–water partition coefficient (Wildman–Crippen LogP) is 1.53. The van der Waals surface area contributed by atoms with Gasteiger partial charge in [0.05, 0.1) is 18.5 Å². The average Bonchev–Trinajstić information content (AvgIpc) is 3.88. The van der Waals surface area contributed by atoms with E-state index in [2.05, 4.69) is 41.8 Å². The Morgan fingerprint density at radius 2 is 1.32 bits per heavy atom. The maximum absolute atomic E-state index is 13.1. The normalized spacial score (nSPS) is 13.0. The molecule has 4 rings (SSSR count). The number of primary sulfonamides is 1. The Labute approximate surface area is 365 Å². The number of aliphatic carboxylic acids is 2. The number of nitrogens with two attached hydrogens (primary N) is 1. The number of hydrogen-bond acceptors (Lipinski definition) is 15. The molecule has 4 aromatic rings. The second kappa shape index (κ2) is 22.5. The summed E-state index contributed by atoms with van der Waals surface area (Å²) in [5.74, 6) is -5.72. The highest BCUT2D eigenvalue weighted by atomic mass is 32.2. The van der Waals surface area contributed by atoms with E-state index >= 15 is 0 Å². The molecule has 0 aliphatic rings. The molecule has 0 bridgehead atoms. The molecule has 0 spiro atoms. The summed E-state index contributed by atoms with van der Waals surface area (Å²) < 4.78 is 23.9. The Bertz CT molecular complexity index is 2290. The van der Waals surface area contributed by atoms with Crippen molar-refractivity contribution in [3.05, 3.63) is 71.5 Å². The van der Waals surface area contributed by atoms with Crippen LogP contribution >= 0.6 is 11.3 Å². The molecular formula is C39H50N10O12S2. The van der Waals surface area contributed by atoms with Crippen LogP contribution < -0.4 is 26.4 Å². The fourth-order valence-electron chi connectivity index (χ4n) is 6.45. The summed E-state index contributed by atoms with van der Waals surface area (Å²) >= 11 is 0.644. The molecule has 63 heavy (non-hydrogen) atoms. The number of nitrogens with one attached hydrogen (secondary N) is 4. The molecule has 2 unspecified atom stereocenters. The second-order valence-corrected chi connectivity index (χ2v) is 17.7. The molecule has 0 radical (unpaired) electrons. The minimum Gasteiger partial charge on any atom is -0.508 e. The minimum absolute atomic E-state index is 0.0134. The SMILES string of the molecule is C[C@H](CCCCn1cc(CCCC(=O)Nc2nnc(S(N)(=O)=O)s2)nn1)NC(=O)CC(NC(=O)CC(NC(=O)CCC(C)(c1ccc(O)cc1)c1ccc(O)cc1)C(=O)O)C(=O)O. The van der Waals surface area contributed by atoms with Gasteiger partial charge in [0.1, 0.15) is 23.6 Å². The number of carboxylic acids is 2. The van der Waals surface area contributed by atoms with Crippen LogP contribution in [0.1, 0.15) is 88.5 Å². The summed E-state index contributed by atoms with van der Waals surface area (Å²) in [4.78, 5) is 74.9. The number of rotatable bonds is 25. The lowest BCUT2D eigenvalue weighted by atomic mass is 9.73. The van der Waals surface area contributed by atoms with Crippen molar-refractivity contribution in [3.8, 4) is 11.5 Å². The number of unbranched alkanes of at least 4 members (excludes halogenated alkanes) is 1. The number of hydrogen-bond donors (Lipinski definition) is 9. The van der Waals surface area contributed by atoms with Crippen molar-refractivity contribution in [1.82, 2.24) is 41.1 Å². The van der Waals surface area contributed by atoms with Gasteiger partial charge in [0, 0.05) is 37.0 Å². The number of carboxylic acid groups (broad SMARTS) is 2. The van der Waals surface area contributed by atoms with Crippen LogP contribution in [0.25, 0.3) is 0 Å². The predicted molar refractivity (Wildman–Crippen MR) is 225 cm³/mol. The molecule has 4 amide bonds. The van der Waals surface area contributed by atoms with Crippen LogP contribution in [0, 0.1) is 0 Å². The van der Waals surface area contributed by atoms with Crippen molar-refractivity contribution in [2.45, 2.75) is 112 Å². The van der Waals surface area contributed by atoms with Gasteiger partial charge in [-0.15, -0.1) is 15.3 Å². The van der Waals surface area contributed by atoms with E-state index in [1.165, 1.54) is 24.3 Å². The minimum atomic E-state index is -4.02. The molecule has 0 fully saturated rings. The van der Waals surface area contributed by atoms with Gasteiger partial charge >= 0.3 is 11.9 Å². The molecule has 2 aromatic carbocycles. The number of amides is 4. The first-order valence-corrected chi connectivity index (χ1v) is 22.1. The number of aromatic hydroxyl groups is 2. The number of carbonyl (C=O) groups excluding carboxylic acids is 4. The summed E-state index contributed by atoms with van der Waals surface area (Å²) in [5, 5.41) is 69.0. The molecule has 2 heterocycles. The van der Waals surface area contributed by atoms with Crippen LogP contribution in [-0.2, 0) is 57.2 Å². The maximum atomic E-state index is 13.1. The molecule has 0 aliphatic carbocycles. The van der Waals surface area contributed by atoms with E-state index in [4.69, 9.17) is 5.14 Å². The number of nitrogens with zero attached hydrogens (tertiary/aromatic N) is 5. The number of benzene rings is 2. The van der Waals surface area contributed by atoms with Crippen LogP contribution in [0.15, 0.2) is 59.1 Å². The van der Waals surface area contributed by atoms with Crippen molar-refractivity contribution < 1.29 is 57.6 Å². The zero-order valence-electron chi connectivity index (χ0n) is 34.4. The Morgan fingerprint density at radius 3 is 1.86 bits per heavy atom. The van der Waals surface area contributed by atoms with Crippen molar-refractivity contribution in [3.63, 3.8) is 0 Å². The first kappa shape index (κ1) is 49.1. The summed E-state index contributed by atoms with van der Waals surface area (Å²) in [6, 6.07) is 8.97. The van der Waals surface area contributed by atoms with Gasteiger partial charge in [-0.25, -0.2) is 23.1 Å². The highest BCUT2D eigenvalue weighted by Gasteiger charge is 2.32. The number of carbonyl (C=O) groups is 6. The molecule has 0 saturated carbocycles. The molecule has 2 aromatic heterocycles. The van der Waals surface area contributed by atoms with Gasteiger partial charge in [0.15, 0.2) is 0 Å². The van der Waals surface area contributed by atoms with Gasteiger partial charge in [-0.1, -0.05) is 47.7 Å². The highest BCUT2D eigenvalue weighted by molar-refractivity contribution is 7.91. The number of sulfonamides is 1. The summed E-state index contributed by atoms with van der Waals surface area (Å²) in [7, 11) is -4.02. The van der Waals surface area contributed by atoms with Crippen molar-refractivity contribution in [1.29, 1.82) is 0 Å². The maximum Gasteiger partial charge on any atom is 0.326 e. The third-order valence-electron chi connectivity index (χ3n) is 9.91. The Hall–Kier alpha value is -6.53. The summed E-state index contributed by atoms with van der Waals surface area (Å²) in [5.41, 5.74) is 1.32. The Balaban J connectivity index is 1.16. The summed E-state index contributed by atoms with van der Waals surface area (Å²) in [6.07, 6.45) is 3.15. The first-order valence-electron chi connectivity index (χ1n) is 19.7. The topological polar surface area (TPSA) is 348 Å². The zero-order valence-corrected chi connectivity index (χ0v) is 36.0. The summed E-state index contributed by atoms with van der Waals surface area (Å²) in [6.45, 7) is 4.10. The molecule has 10 N–H and O–H groups in total. The van der Waals surface area contributed by atoms with E-state index in [1.807, 2.05) is 6.92 Å². The zero-order chi connectivity index (χ0) is 46.3. The number of aromatic nitrogens is 5. The van der Waals surface area contributed by atoms with Crippen LogP contribution in [0.2, 0.25) is 0 Å². The standard InChI is InChI=1S/C39H50N10O12S2/c1-23(6-3-4-19-49-22-26(45-48-49)7-5-8-31(52)44-37-46-47-38(62-37)63(40,60)61)41-33(54)20-30(36(58)59)43-34(55)21-29(35(56)57)42-32(53)17-18-39(2,24-9-13-27(50)14-10-24)25-11-15-28(51)16-12-25/h9-16,22-23,29-30,50-51H,3-8,17-21H2,1-2H3,(H,41,54)(H,42,53)(H,43,55)(H,56,57)(H,58,59)(H2,40,60,61)(H,44,46,52)/t23-,29?,30?/m1/s1. The fraction of sp³-hybridized carbons (Fsp3) is 0.436. The first-order chi connectivity index (χ1) is 29.7. The third-order valence-corrected chi connectivity index (χ3v) is 12.1. The van der Waals surface area contributed by atoms with Crippen LogP contribution in [0.3, 0.4) is 0 Å². The monoisotopic (exact) mass is 914 g/mol. The average molecular weight is 915 g/mol. The highest BCUT2D eigenvalue weighted by Crippen LogP contribution is 2.37. The lowest BCUT2D eigenvalue weighted by molar-refractivity contribution is -0.145. The van der Waals surface area contributed by atoms with Gasteiger partial charge in [-0.2, -0.15) is 0 Å². The fourth-order valence-corrected chi connectivity index (χ4v) is 7.80. The molecule has 3 atom stereocenters. The van der Waals surface area contributed by atoms with Crippen molar-refractivity contribution in [2.24, 2.45) is 5.14 Å². The second-order valence-electron chi connectivity index (χ2n) is 15.0. The van der Waals surface area contributed by atoms with Gasteiger partial charge in [-0.3, -0.25) is 23.9 Å². The van der Waals surface area contributed by atoms with Crippen molar-refractivity contribution >= 4 is 62.1 Å². The number of phenolic OH excluding ortho intramolecular Hbond substituents is 2. The third kappa shape index (κ3) is 15.7. The van der Waals surface area contributed by atoms with Crippen LogP contribution in [0.4, 0.5) is 5.13 Å². The lowest BCUT2D eigenvalue weighted by Crippen LogP contribution is -2.49. The van der Waals surface area contributed by atoms with Crippen LogP contribution in [-0.4, -0.2) is 108 Å². The Morgan fingerprint density at radius 1 is 0.762 bits per heavy atom. The molecule has 24 heteroatoms. The molecule has 0 aliphatic heterocycles. The van der Waals surface area contributed by atoms with Crippen molar-refractivity contribution in [2.75, 3.05) is 5.32 Å². The largest absolute Gasteiger partial charge is 0.508 e. The molecule has 340 valence electrons. The van der Waals surface area contributed by atoms with Gasteiger partial charge < -0.3 is 41.7 Å². The molecule has 22 nitrogen and oxygen atoms in total. The van der Waals surface area contributed by atoms with E-state index in [0.29, 0.717) is 55.7 Å². The van der Waals surface area contributed by atoms with E-state index in [1.54, 1.807) is 42.1 Å². The number of phenols is 2. The van der Waals surface area contributed by atoms with E-state index in [9.17, 15) is 57.6 Å². The van der Waals surface area contributed by atoms with Gasteiger partial charge in [0.2, 0.25) is 33.1 Å². The van der Waals surface area contributed by atoms with Crippen LogP contribution in [0.5, 0.6) is 11.5 Å². The van der Waals surface area contributed by atoms with Gasteiger partial charge in [-0.05, 0) is 80.8 Å². The lowest BCUT2D eigenvalue weighted by Gasteiger charge is -2.31. The van der Waals surface area contributed by atoms with E-state index < -0.39 is 74.4 Å². The molecular weight excluding hydrogens is 865 g/mol. The quantitative estimate of drug-likeness (QED) is 0.0336. The van der Waals surface area contributed by atoms with E-state index in [-0.39, 0.29) is 47.8 Å². The Kier molecular flexibility index (Phi) is 17.6. The smallest absolute Gasteiger partial charge is 0.326 e. The number of aryl methyl sites for hydroxylation is 2. The van der Waals surface area contributed by atoms with E-state index in [0.717, 1.165) is 11.1 Å². The molecule has 0 saturated heterocycles. The number of anilines is 1.